The first-order chi connectivity index (χ1) is 22.9. The topological polar surface area (TPSA) is 249 Å². The van der Waals surface area contributed by atoms with Crippen LogP contribution < -0.4 is 32.3 Å². The lowest BCUT2D eigenvalue weighted by atomic mass is 10.0. The van der Waals surface area contributed by atoms with E-state index in [4.69, 9.17) is 5.73 Å². The Labute approximate surface area is 290 Å². The highest BCUT2D eigenvalue weighted by molar-refractivity contribution is 8.01. The zero-order valence-electron chi connectivity index (χ0n) is 27.1. The highest BCUT2D eigenvalue weighted by atomic mass is 32.2. The van der Waals surface area contributed by atoms with Gasteiger partial charge in [-0.1, -0.05) is 60.7 Å². The molecule has 8 unspecified atom stereocenters. The molecule has 4 rings (SSSR count). The number of benzene rings is 2. The van der Waals surface area contributed by atoms with E-state index in [2.05, 4.69) is 26.6 Å². The molecular weight excluding hydrogens is 677 g/mol. The van der Waals surface area contributed by atoms with Crippen molar-refractivity contribution in [2.24, 2.45) is 5.73 Å². The van der Waals surface area contributed by atoms with E-state index >= 15 is 0 Å². The molecule has 0 bridgehead atoms. The number of carbonyl (C=O) groups is 6. The number of carboxylic acid groups (broad SMARTS) is 3. The number of rotatable bonds is 13. The van der Waals surface area contributed by atoms with Crippen molar-refractivity contribution < 1.29 is 44.1 Å². The lowest BCUT2D eigenvalue weighted by Crippen LogP contribution is -2.60. The maximum atomic E-state index is 14.1. The van der Waals surface area contributed by atoms with Crippen LogP contribution >= 0.6 is 23.5 Å². The van der Waals surface area contributed by atoms with Crippen LogP contribution in [0, 0.1) is 0 Å². The van der Waals surface area contributed by atoms with E-state index in [0.29, 0.717) is 5.56 Å². The molecule has 17 heteroatoms. The van der Waals surface area contributed by atoms with Gasteiger partial charge in [-0.3, -0.25) is 34.6 Å². The molecule has 2 fully saturated rings. The minimum atomic E-state index is -1.60. The minimum absolute atomic E-state index is 0.273. The summed E-state index contributed by atoms with van der Waals surface area (Å²) in [5.74, 6) is -6.33. The van der Waals surface area contributed by atoms with E-state index in [-0.39, 0.29) is 5.56 Å². The molecule has 2 aliphatic rings. The monoisotopic (exact) mass is 716 g/mol. The summed E-state index contributed by atoms with van der Waals surface area (Å²) in [6, 6.07) is 8.44. The number of hydrogen-bond acceptors (Lipinski definition) is 11. The number of nitrogens with two attached hydrogens (primary N) is 1. The number of nitrogens with one attached hydrogen (secondary N) is 5. The number of thioether (sulfide) groups is 2. The van der Waals surface area contributed by atoms with Crippen molar-refractivity contribution in [1.82, 2.24) is 26.6 Å². The van der Waals surface area contributed by atoms with Crippen LogP contribution in [0.3, 0.4) is 0 Å². The standard InChI is InChI=1S/C32H40N6O9S2/c1-31(2)21(29(44)45)37-26(48-31)19(35-23(39)17(33)15-11-7-5-8-12-15)25(41)34-18(16-13-9-6-10-14-16)24(40)36-20(28(42)43)27-38-22(30(46)47)32(3,4)49-27/h5-14,17-22,26-27,37-38H,33H2,1-4H3,(H,34,41)(H,35,39)(H,36,40)(H,42,43)(H,44,45)(H,46,47). The lowest BCUT2D eigenvalue weighted by Gasteiger charge is -2.29. The van der Waals surface area contributed by atoms with E-state index < -0.39 is 92.1 Å². The van der Waals surface area contributed by atoms with Crippen LogP contribution in [0.25, 0.3) is 0 Å². The molecule has 2 saturated heterocycles. The van der Waals surface area contributed by atoms with Gasteiger partial charge < -0.3 is 37.0 Å². The van der Waals surface area contributed by atoms with Crippen LogP contribution in [-0.4, -0.2) is 95.4 Å². The van der Waals surface area contributed by atoms with Gasteiger partial charge in [0.15, 0.2) is 6.04 Å². The summed E-state index contributed by atoms with van der Waals surface area (Å²) in [5.41, 5.74) is 6.95. The molecule has 3 amide bonds. The first kappa shape index (κ1) is 37.7. The molecule has 2 aliphatic heterocycles. The quantitative estimate of drug-likeness (QED) is 0.136. The fraction of sp³-hybridized carbons (Fsp3) is 0.438. The molecule has 0 saturated carbocycles. The summed E-state index contributed by atoms with van der Waals surface area (Å²) >= 11 is 2.15. The number of carboxylic acids is 3. The maximum Gasteiger partial charge on any atom is 0.328 e. The molecule has 2 heterocycles. The van der Waals surface area contributed by atoms with E-state index in [1.165, 1.54) is 12.1 Å². The average Bonchev–Trinajstić information content (AvgIpc) is 3.55. The van der Waals surface area contributed by atoms with Gasteiger partial charge in [0.2, 0.25) is 17.7 Å². The fourth-order valence-corrected chi connectivity index (χ4v) is 8.64. The summed E-state index contributed by atoms with van der Waals surface area (Å²) in [5, 5.41) is 40.9. The van der Waals surface area contributed by atoms with Gasteiger partial charge in [0.1, 0.15) is 30.2 Å². The summed E-state index contributed by atoms with van der Waals surface area (Å²) < 4.78 is -1.83. The summed E-state index contributed by atoms with van der Waals surface area (Å²) in [4.78, 5) is 77.7. The van der Waals surface area contributed by atoms with Gasteiger partial charge in [-0.2, -0.15) is 0 Å². The maximum absolute atomic E-state index is 14.1. The average molecular weight is 717 g/mol. The van der Waals surface area contributed by atoms with Crippen LogP contribution in [-0.2, 0) is 28.8 Å². The predicted molar refractivity (Wildman–Crippen MR) is 182 cm³/mol. The largest absolute Gasteiger partial charge is 0.480 e. The molecule has 0 spiro atoms. The lowest BCUT2D eigenvalue weighted by molar-refractivity contribution is -0.143. The van der Waals surface area contributed by atoms with Crippen molar-refractivity contribution in [3.05, 3.63) is 71.8 Å². The van der Waals surface area contributed by atoms with Crippen LogP contribution in [0.4, 0.5) is 0 Å². The zero-order valence-corrected chi connectivity index (χ0v) is 28.7. The Morgan fingerprint density at radius 1 is 0.653 bits per heavy atom. The van der Waals surface area contributed by atoms with Crippen molar-refractivity contribution in [1.29, 1.82) is 0 Å². The molecule has 0 radical (unpaired) electrons. The fourth-order valence-electron chi connectivity index (χ4n) is 5.67. The van der Waals surface area contributed by atoms with Gasteiger partial charge >= 0.3 is 17.9 Å². The smallest absolute Gasteiger partial charge is 0.328 e. The van der Waals surface area contributed by atoms with Gasteiger partial charge in [-0.15, -0.1) is 23.5 Å². The highest BCUT2D eigenvalue weighted by Gasteiger charge is 2.51. The summed E-state index contributed by atoms with van der Waals surface area (Å²) in [7, 11) is 0. The van der Waals surface area contributed by atoms with Crippen molar-refractivity contribution >= 4 is 59.2 Å². The van der Waals surface area contributed by atoms with Gasteiger partial charge in [0, 0.05) is 9.49 Å². The summed E-state index contributed by atoms with van der Waals surface area (Å²) in [6.45, 7) is 6.63. The van der Waals surface area contributed by atoms with E-state index in [1.807, 2.05) is 0 Å². The second kappa shape index (κ2) is 15.2. The molecule has 8 atom stereocenters. The van der Waals surface area contributed by atoms with Crippen LogP contribution in [0.5, 0.6) is 0 Å². The molecule has 15 nitrogen and oxygen atoms in total. The third-order valence-corrected chi connectivity index (χ3v) is 11.3. The van der Waals surface area contributed by atoms with Gasteiger partial charge in [0.25, 0.3) is 0 Å². The minimum Gasteiger partial charge on any atom is -0.480 e. The number of aliphatic carboxylic acids is 3. The van der Waals surface area contributed by atoms with Crippen molar-refractivity contribution in [2.45, 2.75) is 84.2 Å². The predicted octanol–water partition coefficient (Wildman–Crippen LogP) is 0.387. The Kier molecular flexibility index (Phi) is 11.7. The van der Waals surface area contributed by atoms with Gasteiger partial charge in [-0.05, 0) is 38.8 Å². The van der Waals surface area contributed by atoms with Crippen molar-refractivity contribution in [3.63, 3.8) is 0 Å². The van der Waals surface area contributed by atoms with Crippen LogP contribution in [0.15, 0.2) is 60.7 Å². The second-order valence-electron chi connectivity index (χ2n) is 12.7. The van der Waals surface area contributed by atoms with Gasteiger partial charge in [-0.25, -0.2) is 4.79 Å². The molecule has 49 heavy (non-hydrogen) atoms. The Bertz CT molecular complexity index is 1580. The van der Waals surface area contributed by atoms with E-state index in [9.17, 15) is 44.1 Å². The molecule has 0 aliphatic carbocycles. The molecule has 0 aromatic heterocycles. The normalized spacial score (nSPS) is 24.8. The zero-order chi connectivity index (χ0) is 36.3. The Morgan fingerprint density at radius 2 is 1.08 bits per heavy atom. The van der Waals surface area contributed by atoms with Gasteiger partial charge in [0.05, 0.1) is 10.7 Å². The van der Waals surface area contributed by atoms with Crippen LogP contribution in [0.2, 0.25) is 0 Å². The SMILES string of the molecule is CC1(C)SC(C(NC(=O)C(NC(=O)C(NC(=O)C(N)c2ccccc2)C2NC(C(=O)O)C(C)(C)S2)c2ccccc2)C(=O)O)NC1C(=O)O. The number of hydrogen-bond donors (Lipinski definition) is 9. The van der Waals surface area contributed by atoms with E-state index in [1.54, 1.807) is 76.2 Å². The molecule has 2 aromatic rings. The Morgan fingerprint density at radius 3 is 1.51 bits per heavy atom. The molecule has 10 N–H and O–H groups in total. The third kappa shape index (κ3) is 8.72. The Balaban J connectivity index is 1.64. The first-order valence-corrected chi connectivity index (χ1v) is 17.0. The highest BCUT2D eigenvalue weighted by Crippen LogP contribution is 2.40. The Hall–Kier alpha value is -4.16. The number of carbonyl (C=O) groups excluding carboxylic acids is 3. The van der Waals surface area contributed by atoms with Crippen molar-refractivity contribution in [3.8, 4) is 0 Å². The number of amides is 3. The van der Waals surface area contributed by atoms with Crippen molar-refractivity contribution in [2.75, 3.05) is 0 Å². The third-order valence-electron chi connectivity index (χ3n) is 8.28. The van der Waals surface area contributed by atoms with Crippen LogP contribution in [0.1, 0.15) is 50.9 Å². The molecule has 2 aromatic carbocycles. The second-order valence-corrected chi connectivity index (χ2v) is 16.3. The summed E-state index contributed by atoms with van der Waals surface area (Å²) in [6.07, 6.45) is 0. The first-order valence-electron chi connectivity index (χ1n) is 15.3. The molecular formula is C32H40N6O9S2. The molecule has 264 valence electrons. The van der Waals surface area contributed by atoms with E-state index in [0.717, 1.165) is 23.5 Å².